The van der Waals surface area contributed by atoms with Crippen LogP contribution in [0.15, 0.2) is 71.1 Å². The Balaban J connectivity index is 1.67. The van der Waals surface area contributed by atoms with Crippen molar-refractivity contribution in [3.63, 3.8) is 0 Å². The van der Waals surface area contributed by atoms with Gasteiger partial charge in [-0.2, -0.15) is 0 Å². The van der Waals surface area contributed by atoms with Gasteiger partial charge in [0, 0.05) is 45.8 Å². The zero-order valence-electron chi connectivity index (χ0n) is 17.2. The standard InChI is InChI=1S/C25H23Cl2NO3/c1-15-22(25(30)31-13-12-16-6-3-2-4-7-16)23(18-11-10-17(26)14-19(18)27)24-20(28-15)8-5-9-21(24)29/h2-4,6-7,10-11,14,23,28H,5,8-9,12-13H2,1H3. The highest BCUT2D eigenvalue weighted by Crippen LogP contribution is 2.44. The van der Waals surface area contributed by atoms with Crippen molar-refractivity contribution in [1.29, 1.82) is 0 Å². The lowest BCUT2D eigenvalue weighted by Crippen LogP contribution is -2.34. The number of nitrogens with one attached hydrogen (secondary N) is 1. The van der Waals surface area contributed by atoms with Crippen molar-refractivity contribution in [1.82, 2.24) is 5.32 Å². The molecule has 1 aliphatic heterocycles. The molecule has 0 radical (unpaired) electrons. The van der Waals surface area contributed by atoms with Crippen LogP contribution in [0, 0.1) is 0 Å². The van der Waals surface area contributed by atoms with Crippen molar-refractivity contribution < 1.29 is 14.3 Å². The minimum atomic E-state index is -0.571. The Bertz CT molecular complexity index is 1090. The van der Waals surface area contributed by atoms with E-state index in [0.29, 0.717) is 45.3 Å². The first kappa shape index (κ1) is 21.7. The van der Waals surface area contributed by atoms with E-state index in [2.05, 4.69) is 5.32 Å². The van der Waals surface area contributed by atoms with Crippen LogP contribution >= 0.6 is 23.2 Å². The van der Waals surface area contributed by atoms with Gasteiger partial charge in [0.25, 0.3) is 0 Å². The number of carbonyl (C=O) groups is 2. The molecule has 0 spiro atoms. The van der Waals surface area contributed by atoms with Crippen LogP contribution in [-0.4, -0.2) is 18.4 Å². The monoisotopic (exact) mass is 455 g/mol. The van der Waals surface area contributed by atoms with Crippen LogP contribution in [0.3, 0.4) is 0 Å². The molecule has 0 saturated heterocycles. The molecule has 0 bridgehead atoms. The summed E-state index contributed by atoms with van der Waals surface area (Å²) in [5.41, 5.74) is 4.36. The van der Waals surface area contributed by atoms with Crippen LogP contribution in [0.4, 0.5) is 0 Å². The Morgan fingerprint density at radius 1 is 1.13 bits per heavy atom. The topological polar surface area (TPSA) is 55.4 Å². The summed E-state index contributed by atoms with van der Waals surface area (Å²) in [5, 5.41) is 4.21. The van der Waals surface area contributed by atoms with Crippen molar-refractivity contribution >= 4 is 35.0 Å². The van der Waals surface area contributed by atoms with Crippen molar-refractivity contribution in [3.8, 4) is 0 Å². The SMILES string of the molecule is CC1=C(C(=O)OCCc2ccccc2)C(c2ccc(Cl)cc2Cl)C2=C(CCCC2=O)N1. The van der Waals surface area contributed by atoms with E-state index in [1.54, 1.807) is 18.2 Å². The van der Waals surface area contributed by atoms with Crippen LogP contribution in [-0.2, 0) is 20.7 Å². The molecule has 0 fully saturated rings. The van der Waals surface area contributed by atoms with Crippen LogP contribution in [0.25, 0.3) is 0 Å². The quantitative estimate of drug-likeness (QED) is 0.583. The lowest BCUT2D eigenvalue weighted by Gasteiger charge is -2.34. The Hall–Kier alpha value is -2.56. The highest BCUT2D eigenvalue weighted by atomic mass is 35.5. The summed E-state index contributed by atoms with van der Waals surface area (Å²) < 4.78 is 5.65. The third kappa shape index (κ3) is 4.56. The minimum Gasteiger partial charge on any atom is -0.462 e. The second kappa shape index (κ2) is 9.29. The maximum absolute atomic E-state index is 13.2. The first-order valence-electron chi connectivity index (χ1n) is 10.4. The van der Waals surface area contributed by atoms with Crippen LogP contribution < -0.4 is 5.32 Å². The molecule has 6 heteroatoms. The minimum absolute atomic E-state index is 0.0341. The molecule has 31 heavy (non-hydrogen) atoms. The molecular formula is C25H23Cl2NO3. The number of rotatable bonds is 5. The van der Waals surface area contributed by atoms with Crippen LogP contribution in [0.5, 0.6) is 0 Å². The van der Waals surface area contributed by atoms with Gasteiger partial charge in [0.2, 0.25) is 0 Å². The molecule has 1 atom stereocenters. The Morgan fingerprint density at radius 3 is 2.65 bits per heavy atom. The number of ketones is 1. The summed E-state index contributed by atoms with van der Waals surface area (Å²) in [5.74, 6) is -0.980. The van der Waals surface area contributed by atoms with Gasteiger partial charge in [-0.1, -0.05) is 59.6 Å². The van der Waals surface area contributed by atoms with E-state index < -0.39 is 11.9 Å². The normalized spacial score (nSPS) is 18.5. The van der Waals surface area contributed by atoms with E-state index in [-0.39, 0.29) is 12.4 Å². The summed E-state index contributed by atoms with van der Waals surface area (Å²) in [6.07, 6.45) is 2.62. The number of hydrogen-bond acceptors (Lipinski definition) is 4. The van der Waals surface area contributed by atoms with Gasteiger partial charge in [0.1, 0.15) is 0 Å². The highest BCUT2D eigenvalue weighted by molar-refractivity contribution is 6.35. The molecule has 1 N–H and O–H groups in total. The molecule has 4 nitrogen and oxygen atoms in total. The van der Waals surface area contributed by atoms with Gasteiger partial charge >= 0.3 is 5.97 Å². The largest absolute Gasteiger partial charge is 0.462 e. The smallest absolute Gasteiger partial charge is 0.336 e. The van der Waals surface area contributed by atoms with Gasteiger partial charge < -0.3 is 10.1 Å². The highest BCUT2D eigenvalue weighted by Gasteiger charge is 2.39. The fourth-order valence-corrected chi connectivity index (χ4v) is 4.80. The number of benzene rings is 2. The van der Waals surface area contributed by atoms with E-state index in [1.807, 2.05) is 37.3 Å². The molecule has 2 aliphatic rings. The van der Waals surface area contributed by atoms with E-state index >= 15 is 0 Å². The maximum atomic E-state index is 13.2. The van der Waals surface area contributed by atoms with E-state index in [1.165, 1.54) is 0 Å². The zero-order valence-corrected chi connectivity index (χ0v) is 18.7. The summed E-state index contributed by atoms with van der Waals surface area (Å²) in [6.45, 7) is 2.09. The fourth-order valence-electron chi connectivity index (χ4n) is 4.28. The third-order valence-electron chi connectivity index (χ3n) is 5.74. The second-order valence-electron chi connectivity index (χ2n) is 7.80. The Morgan fingerprint density at radius 2 is 1.90 bits per heavy atom. The molecule has 0 amide bonds. The fraction of sp³-hybridized carbons (Fsp3) is 0.280. The molecular weight excluding hydrogens is 433 g/mol. The molecule has 0 saturated carbocycles. The van der Waals surface area contributed by atoms with E-state index in [0.717, 1.165) is 24.1 Å². The summed E-state index contributed by atoms with van der Waals surface area (Å²) in [4.78, 5) is 26.1. The average molecular weight is 456 g/mol. The van der Waals surface area contributed by atoms with E-state index in [9.17, 15) is 9.59 Å². The predicted molar refractivity (Wildman–Crippen MR) is 122 cm³/mol. The average Bonchev–Trinajstić information content (AvgIpc) is 2.74. The number of hydrogen-bond donors (Lipinski definition) is 1. The third-order valence-corrected chi connectivity index (χ3v) is 6.30. The number of esters is 1. The summed E-state index contributed by atoms with van der Waals surface area (Å²) in [7, 11) is 0. The molecule has 0 aromatic heterocycles. The summed E-state index contributed by atoms with van der Waals surface area (Å²) in [6, 6.07) is 15.0. The molecule has 2 aromatic carbocycles. The Kier molecular flexibility index (Phi) is 6.49. The molecule has 4 rings (SSSR count). The molecule has 160 valence electrons. The summed E-state index contributed by atoms with van der Waals surface area (Å²) >= 11 is 12.6. The number of carbonyl (C=O) groups excluding carboxylic acids is 2. The molecule has 1 unspecified atom stereocenters. The van der Waals surface area contributed by atoms with Crippen LogP contribution in [0.1, 0.15) is 43.2 Å². The van der Waals surface area contributed by atoms with Crippen molar-refractivity contribution in [2.75, 3.05) is 6.61 Å². The first-order valence-corrected chi connectivity index (χ1v) is 11.1. The number of allylic oxidation sites excluding steroid dienone is 3. The van der Waals surface area contributed by atoms with Gasteiger partial charge in [-0.3, -0.25) is 4.79 Å². The van der Waals surface area contributed by atoms with E-state index in [4.69, 9.17) is 27.9 Å². The predicted octanol–water partition coefficient (Wildman–Crippen LogP) is 5.75. The Labute approximate surface area is 191 Å². The van der Waals surface area contributed by atoms with Gasteiger partial charge in [0.15, 0.2) is 5.78 Å². The number of ether oxygens (including phenoxy) is 1. The lowest BCUT2D eigenvalue weighted by atomic mass is 9.75. The maximum Gasteiger partial charge on any atom is 0.336 e. The van der Waals surface area contributed by atoms with Gasteiger partial charge in [-0.05, 0) is 43.0 Å². The lowest BCUT2D eigenvalue weighted by molar-refractivity contribution is -0.139. The molecule has 2 aromatic rings. The molecule has 1 aliphatic carbocycles. The van der Waals surface area contributed by atoms with Gasteiger partial charge in [0.05, 0.1) is 12.2 Å². The van der Waals surface area contributed by atoms with Crippen molar-refractivity contribution in [3.05, 3.63) is 92.2 Å². The van der Waals surface area contributed by atoms with Gasteiger partial charge in [-0.25, -0.2) is 4.79 Å². The number of Topliss-reactive ketones (excluding diaryl/α,β-unsaturated/α-hetero) is 1. The van der Waals surface area contributed by atoms with Crippen LogP contribution in [0.2, 0.25) is 10.0 Å². The zero-order chi connectivity index (χ0) is 22.0. The molecule has 1 heterocycles. The first-order chi connectivity index (χ1) is 15.0. The number of halogens is 2. The van der Waals surface area contributed by atoms with Crippen molar-refractivity contribution in [2.24, 2.45) is 0 Å². The number of dihydropyridines is 1. The second-order valence-corrected chi connectivity index (χ2v) is 8.65. The van der Waals surface area contributed by atoms with Crippen molar-refractivity contribution in [2.45, 2.75) is 38.5 Å². The van der Waals surface area contributed by atoms with Gasteiger partial charge in [-0.15, -0.1) is 0 Å².